The molecule has 1 aliphatic rings. The average Bonchev–Trinajstić information content (AvgIpc) is 2.51. The van der Waals surface area contributed by atoms with Gasteiger partial charge >= 0.3 is 0 Å². The Labute approximate surface area is 137 Å². The summed E-state index contributed by atoms with van der Waals surface area (Å²) in [5, 5.41) is 3.62. The first-order valence-electron chi connectivity index (χ1n) is 8.06. The van der Waals surface area contributed by atoms with Crippen molar-refractivity contribution in [1.82, 2.24) is 4.98 Å². The highest BCUT2D eigenvalue weighted by molar-refractivity contribution is 5.93. The number of pyridine rings is 1. The van der Waals surface area contributed by atoms with Gasteiger partial charge in [0, 0.05) is 37.0 Å². The van der Waals surface area contributed by atoms with Gasteiger partial charge in [0.2, 0.25) is 5.91 Å². The van der Waals surface area contributed by atoms with Gasteiger partial charge in [0.15, 0.2) is 0 Å². The Morgan fingerprint density at radius 2 is 1.96 bits per heavy atom. The highest BCUT2D eigenvalue weighted by Crippen LogP contribution is 2.42. The number of aromatic nitrogens is 1. The van der Waals surface area contributed by atoms with Crippen molar-refractivity contribution >= 4 is 17.3 Å². The minimum absolute atomic E-state index is 0.0903. The lowest BCUT2D eigenvalue weighted by molar-refractivity contribution is -0.117. The molecule has 0 fully saturated rings. The second kappa shape index (κ2) is 6.03. The molecule has 0 saturated carbocycles. The smallest absolute Gasteiger partial charge is 0.224 e. The normalized spacial score (nSPS) is 23.3. The third-order valence-corrected chi connectivity index (χ3v) is 4.76. The first kappa shape index (κ1) is 15.5. The second-order valence-electron chi connectivity index (χ2n) is 6.42. The zero-order valence-electron chi connectivity index (χ0n) is 14.1. The van der Waals surface area contributed by atoms with Crippen LogP contribution >= 0.6 is 0 Å². The van der Waals surface area contributed by atoms with Gasteiger partial charge in [-0.3, -0.25) is 9.78 Å². The van der Waals surface area contributed by atoms with E-state index in [1.165, 1.54) is 0 Å². The molecule has 23 heavy (non-hydrogen) atoms. The van der Waals surface area contributed by atoms with Crippen molar-refractivity contribution in [1.29, 1.82) is 0 Å². The number of rotatable bonds is 2. The molecule has 1 aromatic heterocycles. The number of carbonyl (C=O) groups is 1. The molecule has 1 N–H and O–H groups in total. The lowest BCUT2D eigenvalue weighted by atomic mass is 9.82. The van der Waals surface area contributed by atoms with Gasteiger partial charge in [0.1, 0.15) is 0 Å². The van der Waals surface area contributed by atoms with Gasteiger partial charge in [-0.05, 0) is 37.1 Å². The van der Waals surface area contributed by atoms with Crippen LogP contribution in [0.15, 0.2) is 42.7 Å². The van der Waals surface area contributed by atoms with Gasteiger partial charge in [0.25, 0.3) is 0 Å². The van der Waals surface area contributed by atoms with E-state index in [0.717, 1.165) is 22.5 Å². The van der Waals surface area contributed by atoms with Crippen molar-refractivity contribution in [3.05, 3.63) is 53.9 Å². The summed E-state index contributed by atoms with van der Waals surface area (Å²) in [6, 6.07) is 10.5. The SMILES string of the molecule is CC(=O)N1c2ccccc2C(Nc2cncc(C)c2)C(C)[C@@H]1C. The number of hydrogen-bond donors (Lipinski definition) is 1. The topological polar surface area (TPSA) is 45.2 Å². The van der Waals surface area contributed by atoms with Crippen molar-refractivity contribution in [3.63, 3.8) is 0 Å². The van der Waals surface area contributed by atoms with Crippen LogP contribution in [0.3, 0.4) is 0 Å². The van der Waals surface area contributed by atoms with E-state index < -0.39 is 0 Å². The standard InChI is InChI=1S/C19H23N3O/c1-12-9-16(11-20-10-12)21-19-13(2)14(3)22(15(4)23)18-8-6-5-7-17(18)19/h5-11,13-14,19,21H,1-4H3/t13?,14-,19?/m0/s1. The van der Waals surface area contributed by atoms with Crippen molar-refractivity contribution < 1.29 is 4.79 Å². The number of anilines is 2. The van der Waals surface area contributed by atoms with Gasteiger partial charge in [-0.25, -0.2) is 0 Å². The minimum Gasteiger partial charge on any atom is -0.377 e. The largest absolute Gasteiger partial charge is 0.377 e. The number of fused-ring (bicyclic) bond motifs is 1. The molecule has 0 spiro atoms. The molecule has 1 aliphatic heterocycles. The highest BCUT2D eigenvalue weighted by atomic mass is 16.2. The number of nitrogens with zero attached hydrogens (tertiary/aromatic N) is 2. The second-order valence-corrected chi connectivity index (χ2v) is 6.42. The summed E-state index contributed by atoms with van der Waals surface area (Å²) in [5.41, 5.74) is 4.31. The maximum absolute atomic E-state index is 12.1. The van der Waals surface area contributed by atoms with E-state index >= 15 is 0 Å². The number of carbonyl (C=O) groups excluding carboxylic acids is 1. The number of para-hydroxylation sites is 1. The van der Waals surface area contributed by atoms with E-state index in [1.54, 1.807) is 6.92 Å². The van der Waals surface area contributed by atoms with Crippen LogP contribution in [0, 0.1) is 12.8 Å². The molecular formula is C19H23N3O. The molecule has 3 atom stereocenters. The van der Waals surface area contributed by atoms with Crippen molar-refractivity contribution in [2.75, 3.05) is 10.2 Å². The van der Waals surface area contributed by atoms with Crippen LogP contribution in [-0.2, 0) is 4.79 Å². The molecule has 0 saturated heterocycles. The number of nitrogens with one attached hydrogen (secondary N) is 1. The van der Waals surface area contributed by atoms with Crippen molar-refractivity contribution in [2.45, 2.75) is 39.8 Å². The number of amides is 1. The van der Waals surface area contributed by atoms with Crippen LogP contribution in [0.25, 0.3) is 0 Å². The molecule has 2 heterocycles. The van der Waals surface area contributed by atoms with E-state index in [4.69, 9.17) is 0 Å². The van der Waals surface area contributed by atoms with E-state index in [9.17, 15) is 4.79 Å². The van der Waals surface area contributed by atoms with Gasteiger partial charge < -0.3 is 10.2 Å². The van der Waals surface area contributed by atoms with Crippen LogP contribution in [0.4, 0.5) is 11.4 Å². The molecule has 120 valence electrons. The van der Waals surface area contributed by atoms with E-state index in [-0.39, 0.29) is 23.9 Å². The minimum atomic E-state index is 0.0903. The van der Waals surface area contributed by atoms with Crippen LogP contribution in [0.1, 0.15) is 37.9 Å². The van der Waals surface area contributed by atoms with E-state index in [2.05, 4.69) is 36.3 Å². The predicted octanol–water partition coefficient (Wildman–Crippen LogP) is 3.93. The summed E-state index contributed by atoms with van der Waals surface area (Å²) in [6.45, 7) is 7.98. The summed E-state index contributed by atoms with van der Waals surface area (Å²) in [5.74, 6) is 0.377. The van der Waals surface area contributed by atoms with Gasteiger partial charge in [-0.1, -0.05) is 25.1 Å². The monoisotopic (exact) mass is 309 g/mol. The zero-order valence-corrected chi connectivity index (χ0v) is 14.1. The zero-order chi connectivity index (χ0) is 16.6. The van der Waals surface area contributed by atoms with Crippen LogP contribution in [0.2, 0.25) is 0 Å². The van der Waals surface area contributed by atoms with Crippen LogP contribution < -0.4 is 10.2 Å². The maximum Gasteiger partial charge on any atom is 0.224 e. The third kappa shape index (κ3) is 2.81. The Balaban J connectivity index is 2.03. The fourth-order valence-corrected chi connectivity index (χ4v) is 3.47. The molecule has 3 rings (SSSR count). The maximum atomic E-state index is 12.1. The predicted molar refractivity (Wildman–Crippen MR) is 93.6 cm³/mol. The van der Waals surface area contributed by atoms with Crippen LogP contribution in [-0.4, -0.2) is 16.9 Å². The fraction of sp³-hybridized carbons (Fsp3) is 0.368. The molecule has 2 aromatic rings. The van der Waals surface area contributed by atoms with E-state index in [0.29, 0.717) is 0 Å². The first-order valence-corrected chi connectivity index (χ1v) is 8.06. The third-order valence-electron chi connectivity index (χ3n) is 4.76. The summed E-state index contributed by atoms with van der Waals surface area (Å²) in [4.78, 5) is 18.3. The lowest BCUT2D eigenvalue weighted by Gasteiger charge is -2.44. The Bertz CT molecular complexity index is 728. The molecule has 4 heteroatoms. The summed E-state index contributed by atoms with van der Waals surface area (Å²) in [6.07, 6.45) is 3.70. The molecule has 1 aromatic carbocycles. The van der Waals surface area contributed by atoms with Crippen molar-refractivity contribution in [3.8, 4) is 0 Å². The van der Waals surface area contributed by atoms with Crippen molar-refractivity contribution in [2.24, 2.45) is 5.92 Å². The summed E-state index contributed by atoms with van der Waals surface area (Å²) >= 11 is 0. The number of benzene rings is 1. The average molecular weight is 309 g/mol. The number of hydrogen-bond acceptors (Lipinski definition) is 3. The Morgan fingerprint density at radius 3 is 2.65 bits per heavy atom. The number of aryl methyl sites for hydroxylation is 1. The quantitative estimate of drug-likeness (QED) is 0.914. The Hall–Kier alpha value is -2.36. The first-order chi connectivity index (χ1) is 11.0. The van der Waals surface area contributed by atoms with Gasteiger partial charge in [-0.15, -0.1) is 0 Å². The fourth-order valence-electron chi connectivity index (χ4n) is 3.47. The molecular weight excluding hydrogens is 286 g/mol. The molecule has 1 amide bonds. The molecule has 0 radical (unpaired) electrons. The molecule has 4 nitrogen and oxygen atoms in total. The lowest BCUT2D eigenvalue weighted by Crippen LogP contribution is -2.48. The summed E-state index contributed by atoms with van der Waals surface area (Å²) in [7, 11) is 0. The Morgan fingerprint density at radius 1 is 1.22 bits per heavy atom. The molecule has 0 bridgehead atoms. The van der Waals surface area contributed by atoms with Crippen LogP contribution in [0.5, 0.6) is 0 Å². The van der Waals surface area contributed by atoms with E-state index in [1.807, 2.05) is 42.4 Å². The van der Waals surface area contributed by atoms with Gasteiger partial charge in [0.05, 0.1) is 11.7 Å². The molecule has 2 unspecified atom stereocenters. The summed E-state index contributed by atoms with van der Waals surface area (Å²) < 4.78 is 0. The Kier molecular flexibility index (Phi) is 4.07. The highest BCUT2D eigenvalue weighted by Gasteiger charge is 2.37. The molecule has 0 aliphatic carbocycles. The van der Waals surface area contributed by atoms with Gasteiger partial charge in [-0.2, -0.15) is 0 Å².